The number of nitrogens with one attached hydrogen (secondary N) is 2. The van der Waals surface area contributed by atoms with Crippen molar-refractivity contribution in [2.24, 2.45) is 10.9 Å². The summed E-state index contributed by atoms with van der Waals surface area (Å²) < 4.78 is 0. The number of benzene rings is 1. The molecule has 0 radical (unpaired) electrons. The zero-order chi connectivity index (χ0) is 19.1. The van der Waals surface area contributed by atoms with Crippen LogP contribution in [0.15, 0.2) is 35.3 Å². The van der Waals surface area contributed by atoms with Crippen molar-refractivity contribution in [1.29, 1.82) is 0 Å². The molecule has 1 aliphatic rings. The van der Waals surface area contributed by atoms with Gasteiger partial charge in [0, 0.05) is 44.8 Å². The molecular formula is C21H38IN5. The van der Waals surface area contributed by atoms with Crippen molar-refractivity contribution in [3.8, 4) is 0 Å². The average Bonchev–Trinajstić information content (AvgIpc) is 2.99. The fourth-order valence-electron chi connectivity index (χ4n) is 3.52. The molecule has 0 aliphatic carbocycles. The lowest BCUT2D eigenvalue weighted by Gasteiger charge is -2.27. The van der Waals surface area contributed by atoms with Crippen LogP contribution in [0, 0.1) is 5.92 Å². The maximum absolute atomic E-state index is 4.45. The molecule has 154 valence electrons. The summed E-state index contributed by atoms with van der Waals surface area (Å²) in [6, 6.07) is 12.2. The number of halogens is 1. The Bertz CT molecular complexity index is 561. The highest BCUT2D eigenvalue weighted by atomic mass is 127. The standard InChI is InChI=1S/C21H37N5.HI/c1-16(2)26-14-17(3)20(15-26)24-21(22-4)23-13-19(25(5)6)12-18-10-8-7-9-11-18;/h7-11,16-17,19-20H,12-15H2,1-6H3,(H2,22,23,24);1H. The first-order chi connectivity index (χ1) is 12.4. The van der Waals surface area contributed by atoms with E-state index >= 15 is 0 Å². The Morgan fingerprint density at radius 2 is 1.89 bits per heavy atom. The van der Waals surface area contributed by atoms with E-state index in [-0.39, 0.29) is 24.0 Å². The van der Waals surface area contributed by atoms with Gasteiger partial charge in [0.15, 0.2) is 5.96 Å². The van der Waals surface area contributed by atoms with Gasteiger partial charge in [0.2, 0.25) is 0 Å². The molecule has 1 aromatic rings. The summed E-state index contributed by atoms with van der Waals surface area (Å²) in [6.07, 6.45) is 1.03. The van der Waals surface area contributed by atoms with Crippen molar-refractivity contribution in [1.82, 2.24) is 20.4 Å². The minimum Gasteiger partial charge on any atom is -0.355 e. The Morgan fingerprint density at radius 1 is 1.22 bits per heavy atom. The number of rotatable bonds is 7. The summed E-state index contributed by atoms with van der Waals surface area (Å²) in [5.74, 6) is 1.54. The van der Waals surface area contributed by atoms with Crippen LogP contribution in [0.2, 0.25) is 0 Å². The molecule has 0 saturated carbocycles. The van der Waals surface area contributed by atoms with Gasteiger partial charge < -0.3 is 15.5 Å². The van der Waals surface area contributed by atoms with E-state index in [0.717, 1.165) is 32.0 Å². The smallest absolute Gasteiger partial charge is 0.191 e. The van der Waals surface area contributed by atoms with Crippen molar-refractivity contribution in [3.63, 3.8) is 0 Å². The van der Waals surface area contributed by atoms with Gasteiger partial charge in [-0.1, -0.05) is 37.3 Å². The molecule has 2 N–H and O–H groups in total. The lowest BCUT2D eigenvalue weighted by Crippen LogP contribution is -2.50. The second kappa shape index (κ2) is 11.9. The third-order valence-electron chi connectivity index (χ3n) is 5.47. The first-order valence-electron chi connectivity index (χ1n) is 9.82. The highest BCUT2D eigenvalue weighted by Crippen LogP contribution is 2.18. The van der Waals surface area contributed by atoms with Gasteiger partial charge in [0.1, 0.15) is 0 Å². The summed E-state index contributed by atoms with van der Waals surface area (Å²) in [5, 5.41) is 7.18. The Hall–Kier alpha value is -0.860. The Labute approximate surface area is 183 Å². The minimum absolute atomic E-state index is 0. The van der Waals surface area contributed by atoms with E-state index in [1.165, 1.54) is 5.56 Å². The van der Waals surface area contributed by atoms with Crippen LogP contribution in [0.4, 0.5) is 0 Å². The highest BCUT2D eigenvalue weighted by molar-refractivity contribution is 14.0. The largest absolute Gasteiger partial charge is 0.355 e. The topological polar surface area (TPSA) is 42.9 Å². The third-order valence-corrected chi connectivity index (χ3v) is 5.47. The molecule has 1 heterocycles. The van der Waals surface area contributed by atoms with Crippen molar-refractivity contribution >= 4 is 29.9 Å². The monoisotopic (exact) mass is 487 g/mol. The summed E-state index contributed by atoms with van der Waals surface area (Å²) >= 11 is 0. The van der Waals surface area contributed by atoms with Gasteiger partial charge >= 0.3 is 0 Å². The highest BCUT2D eigenvalue weighted by Gasteiger charge is 2.31. The lowest BCUT2D eigenvalue weighted by molar-refractivity contribution is 0.265. The second-order valence-corrected chi connectivity index (χ2v) is 8.04. The number of likely N-dealkylation sites (N-methyl/N-ethyl adjacent to an activating group) is 1. The normalized spacial score (nSPS) is 22.0. The molecule has 6 heteroatoms. The predicted octanol–water partition coefficient (Wildman–Crippen LogP) is 2.67. The van der Waals surface area contributed by atoms with Crippen LogP contribution in [-0.2, 0) is 6.42 Å². The fourth-order valence-corrected chi connectivity index (χ4v) is 3.52. The average molecular weight is 487 g/mol. The third kappa shape index (κ3) is 7.58. The summed E-state index contributed by atoms with van der Waals surface area (Å²) in [4.78, 5) is 9.27. The van der Waals surface area contributed by atoms with Crippen molar-refractivity contribution in [2.45, 2.75) is 45.3 Å². The molecule has 1 saturated heterocycles. The minimum atomic E-state index is 0. The molecule has 3 atom stereocenters. The Balaban J connectivity index is 0.00000364. The number of hydrogen-bond acceptors (Lipinski definition) is 3. The predicted molar refractivity (Wildman–Crippen MR) is 127 cm³/mol. The molecule has 5 nitrogen and oxygen atoms in total. The van der Waals surface area contributed by atoms with Gasteiger partial charge in [-0.2, -0.15) is 0 Å². The van der Waals surface area contributed by atoms with Crippen molar-refractivity contribution in [2.75, 3.05) is 40.8 Å². The Morgan fingerprint density at radius 3 is 2.41 bits per heavy atom. The summed E-state index contributed by atoms with van der Waals surface area (Å²) in [6.45, 7) is 9.98. The van der Waals surface area contributed by atoms with Gasteiger partial charge in [-0.3, -0.25) is 9.89 Å². The molecule has 27 heavy (non-hydrogen) atoms. The first-order valence-corrected chi connectivity index (χ1v) is 9.82. The quantitative estimate of drug-likeness (QED) is 0.353. The molecule has 0 bridgehead atoms. The van der Waals surface area contributed by atoms with Gasteiger partial charge in [-0.15, -0.1) is 24.0 Å². The van der Waals surface area contributed by atoms with Crippen LogP contribution in [0.25, 0.3) is 0 Å². The molecule has 3 unspecified atom stereocenters. The Kier molecular flexibility index (Phi) is 10.6. The number of hydrogen-bond donors (Lipinski definition) is 2. The number of guanidine groups is 1. The first kappa shape index (κ1) is 24.2. The molecule has 1 aromatic carbocycles. The van der Waals surface area contributed by atoms with Crippen LogP contribution >= 0.6 is 24.0 Å². The zero-order valence-corrected chi connectivity index (χ0v) is 20.1. The van der Waals surface area contributed by atoms with Crippen LogP contribution in [0.5, 0.6) is 0 Å². The van der Waals surface area contributed by atoms with E-state index in [2.05, 4.69) is 90.6 Å². The van der Waals surface area contributed by atoms with Gasteiger partial charge in [-0.25, -0.2) is 0 Å². The SMILES string of the molecule is CN=C(NCC(Cc1ccccc1)N(C)C)NC1CN(C(C)C)CC1C.I. The molecule has 0 spiro atoms. The van der Waals surface area contributed by atoms with E-state index in [1.54, 1.807) is 0 Å². The molecule has 1 fully saturated rings. The molecule has 0 aromatic heterocycles. The molecule has 1 aliphatic heterocycles. The van der Waals surface area contributed by atoms with E-state index in [4.69, 9.17) is 0 Å². The van der Waals surface area contributed by atoms with Gasteiger partial charge in [0.05, 0.1) is 0 Å². The maximum atomic E-state index is 4.45. The van der Waals surface area contributed by atoms with E-state index in [1.807, 2.05) is 7.05 Å². The molecule has 0 amide bonds. The summed E-state index contributed by atoms with van der Waals surface area (Å²) in [7, 11) is 6.15. The van der Waals surface area contributed by atoms with E-state index in [0.29, 0.717) is 24.0 Å². The maximum Gasteiger partial charge on any atom is 0.191 e. The second-order valence-electron chi connectivity index (χ2n) is 8.04. The van der Waals surface area contributed by atoms with E-state index < -0.39 is 0 Å². The molecule has 2 rings (SSSR count). The van der Waals surface area contributed by atoms with E-state index in [9.17, 15) is 0 Å². The van der Waals surface area contributed by atoms with Crippen LogP contribution in [-0.4, -0.2) is 74.7 Å². The van der Waals surface area contributed by atoms with Crippen molar-refractivity contribution < 1.29 is 0 Å². The van der Waals surface area contributed by atoms with Crippen molar-refractivity contribution in [3.05, 3.63) is 35.9 Å². The number of likely N-dealkylation sites (tertiary alicyclic amines) is 1. The van der Waals surface area contributed by atoms with Gasteiger partial charge in [0.25, 0.3) is 0 Å². The van der Waals surface area contributed by atoms with Crippen LogP contribution in [0.1, 0.15) is 26.3 Å². The van der Waals surface area contributed by atoms with Crippen LogP contribution < -0.4 is 10.6 Å². The number of nitrogens with zero attached hydrogens (tertiary/aromatic N) is 3. The zero-order valence-electron chi connectivity index (χ0n) is 17.8. The van der Waals surface area contributed by atoms with Crippen LogP contribution in [0.3, 0.4) is 0 Å². The van der Waals surface area contributed by atoms with Gasteiger partial charge in [-0.05, 0) is 45.8 Å². The number of aliphatic imine (C=N–C) groups is 1. The fraction of sp³-hybridized carbons (Fsp3) is 0.667. The summed E-state index contributed by atoms with van der Waals surface area (Å²) in [5.41, 5.74) is 1.37. The lowest BCUT2D eigenvalue weighted by atomic mass is 10.1. The molecular weight excluding hydrogens is 449 g/mol.